The first kappa shape index (κ1) is 22.2. The van der Waals surface area contributed by atoms with Crippen molar-refractivity contribution >= 4 is 29.9 Å². The van der Waals surface area contributed by atoms with E-state index in [9.17, 15) is 0 Å². The summed E-state index contributed by atoms with van der Waals surface area (Å²) in [6.07, 6.45) is 0. The molecule has 1 aromatic carbocycles. The summed E-state index contributed by atoms with van der Waals surface area (Å²) in [6, 6.07) is 8.60. The van der Waals surface area contributed by atoms with Crippen molar-refractivity contribution in [2.24, 2.45) is 4.99 Å². The SMILES string of the molecule is CCNC(=NCc1ccccc1CN1CCOCC1)NC(C)(C)C.I. The molecule has 25 heavy (non-hydrogen) atoms. The summed E-state index contributed by atoms with van der Waals surface area (Å²) >= 11 is 0. The van der Waals surface area contributed by atoms with Crippen LogP contribution in [0.3, 0.4) is 0 Å². The molecule has 142 valence electrons. The van der Waals surface area contributed by atoms with Gasteiger partial charge in [0, 0.05) is 31.7 Å². The first-order chi connectivity index (χ1) is 11.5. The normalized spacial score (nSPS) is 16.2. The summed E-state index contributed by atoms with van der Waals surface area (Å²) in [7, 11) is 0. The highest BCUT2D eigenvalue weighted by atomic mass is 127. The van der Waals surface area contributed by atoms with E-state index in [1.54, 1.807) is 0 Å². The van der Waals surface area contributed by atoms with Crippen LogP contribution in [0.4, 0.5) is 0 Å². The zero-order valence-electron chi connectivity index (χ0n) is 16.0. The molecular formula is C19H33IN4O. The van der Waals surface area contributed by atoms with E-state index in [0.29, 0.717) is 6.54 Å². The van der Waals surface area contributed by atoms with Gasteiger partial charge in [0.25, 0.3) is 0 Å². The highest BCUT2D eigenvalue weighted by molar-refractivity contribution is 14.0. The number of halogens is 1. The van der Waals surface area contributed by atoms with Crippen molar-refractivity contribution in [2.75, 3.05) is 32.8 Å². The third-order valence-corrected chi connectivity index (χ3v) is 3.86. The van der Waals surface area contributed by atoms with E-state index in [-0.39, 0.29) is 29.5 Å². The summed E-state index contributed by atoms with van der Waals surface area (Å²) in [5.74, 6) is 0.867. The molecule has 0 aliphatic carbocycles. The Morgan fingerprint density at radius 1 is 1.16 bits per heavy atom. The zero-order valence-corrected chi connectivity index (χ0v) is 18.3. The Morgan fingerprint density at radius 3 is 2.40 bits per heavy atom. The predicted molar refractivity (Wildman–Crippen MR) is 116 cm³/mol. The maximum Gasteiger partial charge on any atom is 0.191 e. The third-order valence-electron chi connectivity index (χ3n) is 3.86. The van der Waals surface area contributed by atoms with Gasteiger partial charge in [-0.2, -0.15) is 0 Å². The van der Waals surface area contributed by atoms with E-state index >= 15 is 0 Å². The number of ether oxygens (including phenoxy) is 1. The number of benzene rings is 1. The van der Waals surface area contributed by atoms with Gasteiger partial charge < -0.3 is 15.4 Å². The number of hydrogen-bond donors (Lipinski definition) is 2. The number of aliphatic imine (C=N–C) groups is 1. The molecule has 0 saturated carbocycles. The van der Waals surface area contributed by atoms with Gasteiger partial charge in [-0.15, -0.1) is 24.0 Å². The van der Waals surface area contributed by atoms with E-state index in [4.69, 9.17) is 9.73 Å². The molecule has 0 spiro atoms. The van der Waals surface area contributed by atoms with Crippen molar-refractivity contribution in [2.45, 2.75) is 46.3 Å². The number of nitrogens with zero attached hydrogens (tertiary/aromatic N) is 2. The zero-order chi connectivity index (χ0) is 17.4. The van der Waals surface area contributed by atoms with Crippen LogP contribution in [-0.2, 0) is 17.8 Å². The Morgan fingerprint density at radius 2 is 1.80 bits per heavy atom. The van der Waals surface area contributed by atoms with Crippen LogP contribution in [0.25, 0.3) is 0 Å². The van der Waals surface area contributed by atoms with Gasteiger partial charge in [-0.25, -0.2) is 4.99 Å². The van der Waals surface area contributed by atoms with E-state index in [2.05, 4.69) is 67.5 Å². The maximum atomic E-state index is 5.44. The first-order valence-corrected chi connectivity index (χ1v) is 8.91. The van der Waals surface area contributed by atoms with Crippen molar-refractivity contribution < 1.29 is 4.74 Å². The molecule has 0 atom stereocenters. The predicted octanol–water partition coefficient (Wildman–Crippen LogP) is 2.99. The van der Waals surface area contributed by atoms with E-state index in [0.717, 1.165) is 45.4 Å². The van der Waals surface area contributed by atoms with Gasteiger partial charge in [-0.1, -0.05) is 24.3 Å². The summed E-state index contributed by atoms with van der Waals surface area (Å²) in [6.45, 7) is 14.7. The molecule has 0 bridgehead atoms. The molecule has 1 saturated heterocycles. The molecule has 1 aliphatic rings. The average molecular weight is 460 g/mol. The summed E-state index contributed by atoms with van der Waals surface area (Å²) in [5, 5.41) is 6.76. The standard InChI is InChI=1S/C19H32N4O.HI/c1-5-20-18(22-19(2,3)4)21-14-16-8-6-7-9-17(16)15-23-10-12-24-13-11-23;/h6-9H,5,10-15H2,1-4H3,(H2,20,21,22);1H. The molecule has 6 heteroatoms. The molecule has 1 heterocycles. The number of hydrogen-bond acceptors (Lipinski definition) is 3. The van der Waals surface area contributed by atoms with Crippen molar-refractivity contribution in [1.29, 1.82) is 0 Å². The highest BCUT2D eigenvalue weighted by Crippen LogP contribution is 2.14. The Hall–Kier alpha value is -0.860. The third kappa shape index (κ3) is 8.37. The minimum atomic E-state index is -0.00563. The monoisotopic (exact) mass is 460 g/mol. The molecular weight excluding hydrogens is 427 g/mol. The lowest BCUT2D eigenvalue weighted by molar-refractivity contribution is 0.0341. The van der Waals surface area contributed by atoms with Crippen LogP contribution in [0.15, 0.2) is 29.3 Å². The van der Waals surface area contributed by atoms with Crippen LogP contribution < -0.4 is 10.6 Å². The fraction of sp³-hybridized carbons (Fsp3) is 0.632. The van der Waals surface area contributed by atoms with Gasteiger partial charge >= 0.3 is 0 Å². The average Bonchev–Trinajstić information content (AvgIpc) is 2.54. The van der Waals surface area contributed by atoms with E-state index in [1.165, 1.54) is 11.1 Å². The summed E-state index contributed by atoms with van der Waals surface area (Å²) in [4.78, 5) is 7.22. The topological polar surface area (TPSA) is 48.9 Å². The molecule has 0 amide bonds. The maximum absolute atomic E-state index is 5.44. The lowest BCUT2D eigenvalue weighted by Crippen LogP contribution is -2.47. The van der Waals surface area contributed by atoms with Crippen LogP contribution in [-0.4, -0.2) is 49.2 Å². The fourth-order valence-electron chi connectivity index (χ4n) is 2.69. The van der Waals surface area contributed by atoms with Crippen molar-refractivity contribution in [3.8, 4) is 0 Å². The Bertz CT molecular complexity index is 536. The Kier molecular flexibility index (Phi) is 9.74. The number of guanidine groups is 1. The number of morpholine rings is 1. The Balaban J connectivity index is 0.00000312. The highest BCUT2D eigenvalue weighted by Gasteiger charge is 2.14. The second-order valence-corrected chi connectivity index (χ2v) is 7.23. The van der Waals surface area contributed by atoms with Crippen molar-refractivity contribution in [1.82, 2.24) is 15.5 Å². The second kappa shape index (κ2) is 11.0. The largest absolute Gasteiger partial charge is 0.379 e. The quantitative estimate of drug-likeness (QED) is 0.403. The lowest BCUT2D eigenvalue weighted by Gasteiger charge is -2.27. The molecule has 0 radical (unpaired) electrons. The minimum absolute atomic E-state index is 0. The fourth-order valence-corrected chi connectivity index (χ4v) is 2.69. The van der Waals surface area contributed by atoms with Gasteiger partial charge in [-0.3, -0.25) is 4.90 Å². The lowest BCUT2D eigenvalue weighted by atomic mass is 10.1. The van der Waals surface area contributed by atoms with Gasteiger partial charge in [0.05, 0.1) is 19.8 Å². The van der Waals surface area contributed by atoms with Crippen LogP contribution >= 0.6 is 24.0 Å². The van der Waals surface area contributed by atoms with Crippen molar-refractivity contribution in [3.05, 3.63) is 35.4 Å². The van der Waals surface area contributed by atoms with E-state index < -0.39 is 0 Å². The second-order valence-electron chi connectivity index (χ2n) is 7.23. The molecule has 0 unspecified atom stereocenters. The summed E-state index contributed by atoms with van der Waals surface area (Å²) in [5.41, 5.74) is 2.64. The van der Waals surface area contributed by atoms with Gasteiger partial charge in [-0.05, 0) is 38.8 Å². The molecule has 1 aromatic rings. The van der Waals surface area contributed by atoms with Crippen LogP contribution in [0.5, 0.6) is 0 Å². The van der Waals surface area contributed by atoms with Crippen LogP contribution in [0.1, 0.15) is 38.8 Å². The van der Waals surface area contributed by atoms with Gasteiger partial charge in [0.15, 0.2) is 5.96 Å². The van der Waals surface area contributed by atoms with Gasteiger partial charge in [0.2, 0.25) is 0 Å². The minimum Gasteiger partial charge on any atom is -0.379 e. The molecule has 2 rings (SSSR count). The summed E-state index contributed by atoms with van der Waals surface area (Å²) < 4.78 is 5.44. The van der Waals surface area contributed by atoms with Crippen molar-refractivity contribution in [3.63, 3.8) is 0 Å². The van der Waals surface area contributed by atoms with Crippen LogP contribution in [0.2, 0.25) is 0 Å². The number of rotatable bonds is 5. The molecule has 0 aromatic heterocycles. The smallest absolute Gasteiger partial charge is 0.191 e. The van der Waals surface area contributed by atoms with Gasteiger partial charge in [0.1, 0.15) is 0 Å². The first-order valence-electron chi connectivity index (χ1n) is 8.91. The molecule has 5 nitrogen and oxygen atoms in total. The van der Waals surface area contributed by atoms with Crippen LogP contribution in [0, 0.1) is 0 Å². The molecule has 2 N–H and O–H groups in total. The molecule has 1 fully saturated rings. The van der Waals surface area contributed by atoms with E-state index in [1.807, 2.05) is 0 Å². The number of nitrogens with one attached hydrogen (secondary N) is 2. The Labute approximate surface area is 169 Å². The molecule has 1 aliphatic heterocycles.